The molecule has 0 unspecified atom stereocenters. The first-order valence-electron chi connectivity index (χ1n) is 3.41. The molecule has 0 fully saturated rings. The number of aromatic nitrogens is 2. The Morgan fingerprint density at radius 1 is 1.42 bits per heavy atom. The zero-order valence-electron chi connectivity index (χ0n) is 6.07. The lowest BCUT2D eigenvalue weighted by Crippen LogP contribution is -2.14. The van der Waals surface area contributed by atoms with Crippen LogP contribution in [0.1, 0.15) is 0 Å². The topological polar surface area (TPSA) is 34.4 Å². The summed E-state index contributed by atoms with van der Waals surface area (Å²) in [6.45, 7) is 0. The number of hydrogen-bond donors (Lipinski definition) is 0. The van der Waals surface area contributed by atoms with Crippen molar-refractivity contribution in [2.75, 3.05) is 0 Å². The van der Waals surface area contributed by atoms with Crippen LogP contribution in [0.25, 0.3) is 5.65 Å². The minimum atomic E-state index is -0.0828. The van der Waals surface area contributed by atoms with Crippen LogP contribution < -0.4 is 5.56 Å². The van der Waals surface area contributed by atoms with E-state index in [1.165, 1.54) is 10.6 Å². The van der Waals surface area contributed by atoms with Crippen LogP contribution >= 0.6 is 15.9 Å². The molecule has 2 rings (SSSR count). The third-order valence-corrected chi connectivity index (χ3v) is 2.12. The van der Waals surface area contributed by atoms with E-state index in [1.54, 1.807) is 18.3 Å². The monoisotopic (exact) mass is 224 g/mol. The number of pyridine rings is 1. The van der Waals surface area contributed by atoms with E-state index in [0.717, 1.165) is 0 Å². The second kappa shape index (κ2) is 2.71. The van der Waals surface area contributed by atoms with Crippen molar-refractivity contribution in [3.63, 3.8) is 0 Å². The fraction of sp³-hybridized carbons (Fsp3) is 0. The minimum absolute atomic E-state index is 0.0828. The Morgan fingerprint density at radius 2 is 2.25 bits per heavy atom. The molecule has 0 saturated heterocycles. The number of hydrogen-bond acceptors (Lipinski definition) is 2. The summed E-state index contributed by atoms with van der Waals surface area (Å²) in [6, 6.07) is 5.42. The summed E-state index contributed by atoms with van der Waals surface area (Å²) in [5, 5.41) is 0. The SMILES string of the molecule is O=c1c(Br)cnc2ccccn12. The zero-order valence-corrected chi connectivity index (χ0v) is 7.65. The molecule has 0 saturated carbocycles. The quantitative estimate of drug-likeness (QED) is 0.680. The van der Waals surface area contributed by atoms with Gasteiger partial charge in [0.1, 0.15) is 10.1 Å². The lowest BCUT2D eigenvalue weighted by Gasteiger charge is -1.97. The predicted molar refractivity (Wildman–Crippen MR) is 49.2 cm³/mol. The van der Waals surface area contributed by atoms with Crippen molar-refractivity contribution in [3.8, 4) is 0 Å². The molecule has 4 heteroatoms. The Kier molecular flexibility index (Phi) is 1.69. The van der Waals surface area contributed by atoms with Crippen LogP contribution in [0.4, 0.5) is 0 Å². The molecule has 0 aliphatic carbocycles. The molecule has 2 aromatic heterocycles. The predicted octanol–water partition coefficient (Wildman–Crippen LogP) is 1.46. The smallest absolute Gasteiger partial charge is 0.268 e. The summed E-state index contributed by atoms with van der Waals surface area (Å²) in [4.78, 5) is 15.5. The molecule has 12 heavy (non-hydrogen) atoms. The van der Waals surface area contributed by atoms with Gasteiger partial charge in [-0.15, -0.1) is 0 Å². The van der Waals surface area contributed by atoms with E-state index in [9.17, 15) is 4.79 Å². The highest BCUT2D eigenvalue weighted by Crippen LogP contribution is 2.02. The molecule has 0 amide bonds. The largest absolute Gasteiger partial charge is 0.272 e. The Morgan fingerprint density at radius 3 is 3.08 bits per heavy atom. The van der Waals surface area contributed by atoms with Crippen LogP contribution in [0.15, 0.2) is 39.9 Å². The van der Waals surface area contributed by atoms with Gasteiger partial charge in [0, 0.05) is 12.4 Å². The number of nitrogens with zero attached hydrogens (tertiary/aromatic N) is 2. The van der Waals surface area contributed by atoms with Gasteiger partial charge < -0.3 is 0 Å². The summed E-state index contributed by atoms with van der Waals surface area (Å²) in [6.07, 6.45) is 3.20. The van der Waals surface area contributed by atoms with Gasteiger partial charge in [0.25, 0.3) is 5.56 Å². The molecule has 0 aliphatic rings. The van der Waals surface area contributed by atoms with Gasteiger partial charge in [0.05, 0.1) is 0 Å². The second-order valence-electron chi connectivity index (χ2n) is 2.34. The number of halogens is 1. The molecule has 2 aromatic rings. The molecule has 0 spiro atoms. The van der Waals surface area contributed by atoms with Gasteiger partial charge in [-0.1, -0.05) is 6.07 Å². The molecule has 0 aromatic carbocycles. The van der Waals surface area contributed by atoms with Crippen molar-refractivity contribution in [3.05, 3.63) is 45.4 Å². The van der Waals surface area contributed by atoms with E-state index >= 15 is 0 Å². The third kappa shape index (κ3) is 1.04. The first kappa shape index (κ1) is 7.49. The minimum Gasteiger partial charge on any atom is -0.268 e. The van der Waals surface area contributed by atoms with Gasteiger partial charge in [-0.2, -0.15) is 0 Å². The van der Waals surface area contributed by atoms with Crippen molar-refractivity contribution in [1.82, 2.24) is 9.38 Å². The second-order valence-corrected chi connectivity index (χ2v) is 3.19. The average molecular weight is 225 g/mol. The standard InChI is InChI=1S/C8H5BrN2O/c9-6-5-10-7-3-1-2-4-11(7)8(6)12/h1-5H. The average Bonchev–Trinajstić information content (AvgIpc) is 2.12. The van der Waals surface area contributed by atoms with Crippen molar-refractivity contribution >= 4 is 21.6 Å². The zero-order chi connectivity index (χ0) is 8.55. The summed E-state index contributed by atoms with van der Waals surface area (Å²) < 4.78 is 1.97. The fourth-order valence-corrected chi connectivity index (χ4v) is 1.30. The molecule has 0 aliphatic heterocycles. The molecule has 3 nitrogen and oxygen atoms in total. The molecule has 0 bridgehead atoms. The van der Waals surface area contributed by atoms with Crippen LogP contribution in [0.2, 0.25) is 0 Å². The van der Waals surface area contributed by atoms with Crippen LogP contribution in [0.5, 0.6) is 0 Å². The number of fused-ring (bicyclic) bond motifs is 1. The Hall–Kier alpha value is -1.16. The van der Waals surface area contributed by atoms with Gasteiger partial charge in [-0.25, -0.2) is 4.98 Å². The van der Waals surface area contributed by atoms with Crippen LogP contribution in [-0.4, -0.2) is 9.38 Å². The van der Waals surface area contributed by atoms with Crippen molar-refractivity contribution in [2.45, 2.75) is 0 Å². The highest BCUT2D eigenvalue weighted by Gasteiger charge is 1.98. The normalized spacial score (nSPS) is 10.4. The van der Waals surface area contributed by atoms with E-state index in [2.05, 4.69) is 20.9 Å². The van der Waals surface area contributed by atoms with Crippen molar-refractivity contribution in [1.29, 1.82) is 0 Å². The molecule has 0 radical (unpaired) electrons. The molecule has 2 heterocycles. The maximum Gasteiger partial charge on any atom is 0.272 e. The summed E-state index contributed by atoms with van der Waals surface area (Å²) in [5.74, 6) is 0. The Labute approximate surface area is 76.8 Å². The van der Waals surface area contributed by atoms with Gasteiger partial charge in [-0.3, -0.25) is 9.20 Å². The van der Waals surface area contributed by atoms with Gasteiger partial charge >= 0.3 is 0 Å². The highest BCUT2D eigenvalue weighted by atomic mass is 79.9. The third-order valence-electron chi connectivity index (χ3n) is 1.57. The van der Waals surface area contributed by atoms with Crippen molar-refractivity contribution in [2.24, 2.45) is 0 Å². The highest BCUT2D eigenvalue weighted by molar-refractivity contribution is 9.10. The summed E-state index contributed by atoms with van der Waals surface area (Å²) >= 11 is 3.12. The Bertz CT molecular complexity index is 478. The van der Waals surface area contributed by atoms with Gasteiger partial charge in [0.2, 0.25) is 0 Å². The number of rotatable bonds is 0. The van der Waals surface area contributed by atoms with Crippen LogP contribution in [0, 0.1) is 0 Å². The van der Waals surface area contributed by atoms with E-state index in [4.69, 9.17) is 0 Å². The van der Waals surface area contributed by atoms with Gasteiger partial charge in [0.15, 0.2) is 0 Å². The molecule has 60 valence electrons. The molecule has 0 atom stereocenters. The molecule has 0 N–H and O–H groups in total. The first-order chi connectivity index (χ1) is 5.79. The summed E-state index contributed by atoms with van der Waals surface area (Å²) in [5.41, 5.74) is 0.575. The van der Waals surface area contributed by atoms with Gasteiger partial charge in [-0.05, 0) is 28.1 Å². The van der Waals surface area contributed by atoms with E-state index < -0.39 is 0 Å². The van der Waals surface area contributed by atoms with Crippen LogP contribution in [0.3, 0.4) is 0 Å². The van der Waals surface area contributed by atoms with Crippen molar-refractivity contribution < 1.29 is 0 Å². The first-order valence-corrected chi connectivity index (χ1v) is 4.20. The Balaban J connectivity index is 3.01. The fourth-order valence-electron chi connectivity index (χ4n) is 1.00. The van der Waals surface area contributed by atoms with Crippen LogP contribution in [-0.2, 0) is 0 Å². The lowest BCUT2D eigenvalue weighted by molar-refractivity contribution is 1.03. The lowest BCUT2D eigenvalue weighted by atomic mass is 10.4. The summed E-state index contributed by atoms with van der Waals surface area (Å²) in [7, 11) is 0. The van der Waals surface area contributed by atoms with E-state index in [-0.39, 0.29) is 5.56 Å². The van der Waals surface area contributed by atoms with E-state index in [1.807, 2.05) is 6.07 Å². The maximum atomic E-state index is 11.4. The maximum absolute atomic E-state index is 11.4. The van der Waals surface area contributed by atoms with E-state index in [0.29, 0.717) is 10.1 Å². The molecular formula is C8H5BrN2O. The molecular weight excluding hydrogens is 220 g/mol.